The summed E-state index contributed by atoms with van der Waals surface area (Å²) < 4.78 is 22.3. The third-order valence-electron chi connectivity index (χ3n) is 5.75. The van der Waals surface area contributed by atoms with Gasteiger partial charge in [-0.15, -0.1) is 10.2 Å². The fraction of sp³-hybridized carbons (Fsp3) is 0.143. The van der Waals surface area contributed by atoms with Gasteiger partial charge in [-0.05, 0) is 42.5 Å². The smallest absolute Gasteiger partial charge is 0.277 e. The van der Waals surface area contributed by atoms with Gasteiger partial charge in [-0.1, -0.05) is 42.1 Å². The minimum atomic E-state index is -0.0137. The summed E-state index contributed by atoms with van der Waals surface area (Å²) >= 11 is 1.20. The van der Waals surface area contributed by atoms with Gasteiger partial charge in [0, 0.05) is 16.5 Å². The molecular formula is C28H23N3O5S. The maximum Gasteiger partial charge on any atom is 0.277 e. The molecule has 0 spiro atoms. The van der Waals surface area contributed by atoms with Crippen LogP contribution in [0.3, 0.4) is 0 Å². The lowest BCUT2D eigenvalue weighted by Crippen LogP contribution is -2.01. The minimum absolute atomic E-state index is 0.0137. The molecule has 0 N–H and O–H groups in total. The minimum Gasteiger partial charge on any atom is -0.497 e. The Morgan fingerprint density at radius 3 is 2.43 bits per heavy atom. The van der Waals surface area contributed by atoms with Gasteiger partial charge >= 0.3 is 0 Å². The number of thioether (sulfide) groups is 1. The normalized spacial score (nSPS) is 10.9. The van der Waals surface area contributed by atoms with E-state index in [0.29, 0.717) is 45.2 Å². The maximum absolute atomic E-state index is 12.5. The summed E-state index contributed by atoms with van der Waals surface area (Å²) in [6.45, 7) is 0. The fourth-order valence-corrected chi connectivity index (χ4v) is 4.52. The number of carbonyl (C=O) groups excluding carboxylic acids is 1. The maximum atomic E-state index is 12.5. The SMILES string of the molecule is COc1ccc2nc(-c3ccc(OC)c(OC)c3)cc(-c3nnc(SCC(=O)c4ccccc4)o3)c2c1. The van der Waals surface area contributed by atoms with Crippen LogP contribution in [-0.2, 0) is 0 Å². The van der Waals surface area contributed by atoms with Crippen LogP contribution >= 0.6 is 11.8 Å². The average Bonchev–Trinajstić information content (AvgIpc) is 3.44. The first kappa shape index (κ1) is 24.3. The van der Waals surface area contributed by atoms with E-state index in [9.17, 15) is 4.79 Å². The first-order valence-electron chi connectivity index (χ1n) is 11.4. The number of nitrogens with zero attached hydrogens (tertiary/aromatic N) is 3. The van der Waals surface area contributed by atoms with Gasteiger partial charge in [0.1, 0.15) is 5.75 Å². The van der Waals surface area contributed by atoms with Crippen LogP contribution in [0.1, 0.15) is 10.4 Å². The number of Topliss-reactive ketones (excluding diaryl/α,β-unsaturated/α-hetero) is 1. The van der Waals surface area contributed by atoms with Crippen molar-refractivity contribution in [3.63, 3.8) is 0 Å². The fourth-order valence-electron chi connectivity index (χ4n) is 3.86. The third kappa shape index (κ3) is 5.12. The number of rotatable bonds is 9. The van der Waals surface area contributed by atoms with Crippen molar-refractivity contribution in [2.24, 2.45) is 0 Å². The van der Waals surface area contributed by atoms with Crippen LogP contribution in [0, 0.1) is 0 Å². The van der Waals surface area contributed by atoms with E-state index in [4.69, 9.17) is 23.6 Å². The lowest BCUT2D eigenvalue weighted by atomic mass is 10.0. The van der Waals surface area contributed by atoms with Crippen molar-refractivity contribution in [2.45, 2.75) is 5.22 Å². The summed E-state index contributed by atoms with van der Waals surface area (Å²) in [5.74, 6) is 2.39. The van der Waals surface area contributed by atoms with Crippen LogP contribution < -0.4 is 14.2 Å². The number of ether oxygens (including phenoxy) is 3. The summed E-state index contributed by atoms with van der Waals surface area (Å²) in [7, 11) is 4.79. The number of pyridine rings is 1. The van der Waals surface area contributed by atoms with Crippen molar-refractivity contribution in [3.8, 4) is 40.0 Å². The molecule has 2 heterocycles. The third-order valence-corrected chi connectivity index (χ3v) is 6.57. The second-order valence-corrected chi connectivity index (χ2v) is 8.89. The molecule has 0 saturated carbocycles. The molecule has 5 aromatic rings. The zero-order valence-electron chi connectivity index (χ0n) is 20.4. The van der Waals surface area contributed by atoms with Crippen molar-refractivity contribution in [1.29, 1.82) is 0 Å². The second kappa shape index (κ2) is 10.7. The molecule has 5 rings (SSSR count). The highest BCUT2D eigenvalue weighted by molar-refractivity contribution is 7.99. The molecule has 0 aliphatic carbocycles. The summed E-state index contributed by atoms with van der Waals surface area (Å²) in [4.78, 5) is 17.3. The second-order valence-electron chi connectivity index (χ2n) is 7.96. The van der Waals surface area contributed by atoms with E-state index < -0.39 is 0 Å². The Labute approximate surface area is 217 Å². The number of hydrogen-bond donors (Lipinski definition) is 0. The van der Waals surface area contributed by atoms with Crippen LogP contribution in [0.4, 0.5) is 0 Å². The molecule has 0 bridgehead atoms. The van der Waals surface area contributed by atoms with Crippen LogP contribution in [-0.4, -0.2) is 48.0 Å². The highest BCUT2D eigenvalue weighted by Gasteiger charge is 2.18. The molecule has 3 aromatic carbocycles. The van der Waals surface area contributed by atoms with E-state index in [1.54, 1.807) is 33.5 Å². The molecular weight excluding hydrogens is 490 g/mol. The molecule has 9 heteroatoms. The number of hydrogen-bond acceptors (Lipinski definition) is 9. The number of methoxy groups -OCH3 is 3. The topological polar surface area (TPSA) is 96.6 Å². The summed E-state index contributed by atoms with van der Waals surface area (Å²) in [6.07, 6.45) is 0. The predicted octanol–water partition coefficient (Wildman–Crippen LogP) is 5.95. The van der Waals surface area contributed by atoms with Crippen molar-refractivity contribution in [2.75, 3.05) is 27.1 Å². The van der Waals surface area contributed by atoms with E-state index in [-0.39, 0.29) is 11.5 Å². The van der Waals surface area contributed by atoms with E-state index in [0.717, 1.165) is 16.5 Å². The van der Waals surface area contributed by atoms with Gasteiger partial charge in [0.05, 0.1) is 43.9 Å². The van der Waals surface area contributed by atoms with Crippen LogP contribution in [0.2, 0.25) is 0 Å². The van der Waals surface area contributed by atoms with Gasteiger partial charge < -0.3 is 18.6 Å². The first-order chi connectivity index (χ1) is 18.1. The molecule has 186 valence electrons. The van der Waals surface area contributed by atoms with Gasteiger partial charge in [-0.3, -0.25) is 4.79 Å². The number of carbonyl (C=O) groups is 1. The van der Waals surface area contributed by atoms with Gasteiger partial charge in [0.25, 0.3) is 5.22 Å². The Balaban J connectivity index is 1.52. The van der Waals surface area contributed by atoms with Crippen molar-refractivity contribution < 1.29 is 23.4 Å². The number of aromatic nitrogens is 3. The Kier molecular flexibility index (Phi) is 7.04. The Bertz CT molecular complexity index is 1570. The standard InChI is InChI=1S/C28H23N3O5S/c1-33-19-10-11-22-20(14-19)21(15-23(29-22)18-9-12-25(34-2)26(13-18)35-3)27-30-31-28(36-27)37-16-24(32)17-7-5-4-6-8-17/h4-15H,16H2,1-3H3. The zero-order chi connectivity index (χ0) is 25.8. The van der Waals surface area contributed by atoms with Crippen molar-refractivity contribution in [3.05, 3.63) is 78.4 Å². The molecule has 0 atom stereocenters. The van der Waals surface area contributed by atoms with E-state index in [1.165, 1.54) is 11.8 Å². The molecule has 0 saturated heterocycles. The predicted molar refractivity (Wildman–Crippen MR) is 142 cm³/mol. The van der Waals surface area contributed by atoms with Gasteiger partial charge in [-0.2, -0.15) is 0 Å². The van der Waals surface area contributed by atoms with Crippen LogP contribution in [0.15, 0.2) is 82.4 Å². The van der Waals surface area contributed by atoms with Gasteiger partial charge in [0.2, 0.25) is 5.89 Å². The molecule has 0 unspecified atom stereocenters. The monoisotopic (exact) mass is 513 g/mol. The summed E-state index contributed by atoms with van der Waals surface area (Å²) in [6, 6.07) is 22.2. The van der Waals surface area contributed by atoms with Crippen molar-refractivity contribution in [1.82, 2.24) is 15.2 Å². The molecule has 8 nitrogen and oxygen atoms in total. The molecule has 0 aliphatic rings. The summed E-state index contributed by atoms with van der Waals surface area (Å²) in [5, 5.41) is 9.54. The molecule has 0 radical (unpaired) electrons. The average molecular weight is 514 g/mol. The van der Waals surface area contributed by atoms with Crippen LogP contribution in [0.5, 0.6) is 17.2 Å². The number of ketones is 1. The quantitative estimate of drug-likeness (QED) is 0.175. The number of benzene rings is 3. The van der Waals surface area contributed by atoms with Crippen molar-refractivity contribution >= 4 is 28.4 Å². The molecule has 37 heavy (non-hydrogen) atoms. The zero-order valence-corrected chi connectivity index (χ0v) is 21.2. The molecule has 2 aromatic heterocycles. The lowest BCUT2D eigenvalue weighted by molar-refractivity contribution is 0.102. The molecule has 0 fully saturated rings. The van der Waals surface area contributed by atoms with Gasteiger partial charge in [-0.25, -0.2) is 4.98 Å². The van der Waals surface area contributed by atoms with Crippen LogP contribution in [0.25, 0.3) is 33.6 Å². The molecule has 0 amide bonds. The first-order valence-corrected chi connectivity index (χ1v) is 12.3. The molecule has 0 aliphatic heterocycles. The summed E-state index contributed by atoms with van der Waals surface area (Å²) in [5.41, 5.74) is 3.60. The van der Waals surface area contributed by atoms with Gasteiger partial charge in [0.15, 0.2) is 17.3 Å². The lowest BCUT2D eigenvalue weighted by Gasteiger charge is -2.12. The van der Waals surface area contributed by atoms with E-state index >= 15 is 0 Å². The highest BCUT2D eigenvalue weighted by Crippen LogP contribution is 2.37. The highest BCUT2D eigenvalue weighted by atomic mass is 32.2. The Morgan fingerprint density at radius 2 is 1.68 bits per heavy atom. The van der Waals surface area contributed by atoms with E-state index in [2.05, 4.69) is 10.2 Å². The number of fused-ring (bicyclic) bond motifs is 1. The van der Waals surface area contributed by atoms with E-state index in [1.807, 2.05) is 60.7 Å². The Morgan fingerprint density at radius 1 is 0.865 bits per heavy atom. The Hall–Kier alpha value is -4.37. The largest absolute Gasteiger partial charge is 0.497 e.